The maximum absolute atomic E-state index is 12.3. The molecular formula is C15H24N2O3S. The molecule has 1 fully saturated rings. The van der Waals surface area contributed by atoms with E-state index >= 15 is 0 Å². The van der Waals surface area contributed by atoms with Gasteiger partial charge >= 0.3 is 0 Å². The molecule has 118 valence electrons. The number of anilines is 1. The molecule has 0 aromatic heterocycles. The summed E-state index contributed by atoms with van der Waals surface area (Å²) in [7, 11) is -2.04. The first-order valence-corrected chi connectivity index (χ1v) is 8.84. The van der Waals surface area contributed by atoms with Crippen LogP contribution in [0.25, 0.3) is 0 Å². The fourth-order valence-corrected chi connectivity index (χ4v) is 3.96. The van der Waals surface area contributed by atoms with Crippen molar-refractivity contribution >= 4 is 15.7 Å². The molecule has 21 heavy (non-hydrogen) atoms. The average Bonchev–Trinajstić information content (AvgIpc) is 2.46. The summed E-state index contributed by atoms with van der Waals surface area (Å²) >= 11 is 0. The Morgan fingerprint density at radius 2 is 1.95 bits per heavy atom. The number of nitrogens with two attached hydrogens (primary N) is 1. The van der Waals surface area contributed by atoms with Crippen molar-refractivity contribution in [3.63, 3.8) is 0 Å². The summed E-state index contributed by atoms with van der Waals surface area (Å²) in [5.41, 5.74) is 6.02. The second kappa shape index (κ2) is 6.66. The van der Waals surface area contributed by atoms with Crippen LogP contribution in [0.2, 0.25) is 0 Å². The maximum Gasteiger partial charge on any atom is 0.242 e. The molecule has 0 unspecified atom stereocenters. The first kappa shape index (κ1) is 16.1. The Hall–Kier alpha value is -1.27. The van der Waals surface area contributed by atoms with E-state index in [9.17, 15) is 8.42 Å². The number of benzene rings is 1. The number of rotatable bonds is 5. The van der Waals surface area contributed by atoms with Crippen LogP contribution < -0.4 is 15.2 Å². The van der Waals surface area contributed by atoms with Crippen LogP contribution in [-0.2, 0) is 10.0 Å². The molecule has 0 aliphatic heterocycles. The van der Waals surface area contributed by atoms with Gasteiger partial charge in [-0.3, -0.25) is 0 Å². The number of hydrogen-bond donors (Lipinski definition) is 2. The number of nitrogens with one attached hydrogen (secondary N) is 1. The van der Waals surface area contributed by atoms with Gasteiger partial charge in [0.1, 0.15) is 10.6 Å². The molecule has 0 radical (unpaired) electrons. The van der Waals surface area contributed by atoms with Gasteiger partial charge in [-0.05, 0) is 36.8 Å². The molecule has 0 spiro atoms. The largest absolute Gasteiger partial charge is 0.497 e. The van der Waals surface area contributed by atoms with Crippen molar-refractivity contribution in [2.45, 2.75) is 37.5 Å². The van der Waals surface area contributed by atoms with Crippen molar-refractivity contribution in [3.05, 3.63) is 18.2 Å². The molecule has 0 heterocycles. The molecule has 1 aromatic rings. The molecule has 0 amide bonds. The zero-order chi connectivity index (χ0) is 15.5. The molecule has 1 aromatic carbocycles. The molecule has 5 nitrogen and oxygen atoms in total. The quantitative estimate of drug-likeness (QED) is 0.818. The fraction of sp³-hybridized carbons (Fsp3) is 0.600. The molecule has 1 saturated carbocycles. The van der Waals surface area contributed by atoms with Gasteiger partial charge in [0.15, 0.2) is 0 Å². The summed E-state index contributed by atoms with van der Waals surface area (Å²) in [6.45, 7) is 2.74. The van der Waals surface area contributed by atoms with Crippen molar-refractivity contribution < 1.29 is 13.2 Å². The highest BCUT2D eigenvalue weighted by Crippen LogP contribution is 2.28. The van der Waals surface area contributed by atoms with Crippen LogP contribution in [0, 0.1) is 11.8 Å². The molecule has 1 aliphatic carbocycles. The summed E-state index contributed by atoms with van der Waals surface area (Å²) in [5, 5.41) is 0. The molecule has 0 saturated heterocycles. The topological polar surface area (TPSA) is 81.4 Å². The fourth-order valence-electron chi connectivity index (χ4n) is 2.74. The third-order valence-electron chi connectivity index (χ3n) is 4.20. The van der Waals surface area contributed by atoms with Crippen molar-refractivity contribution in [2.75, 3.05) is 19.4 Å². The minimum atomic E-state index is -3.56. The SMILES string of the molecule is COc1ccc(S(=O)(=O)NCC2CCC(C)CC2)c(N)c1. The number of ether oxygens (including phenoxy) is 1. The third kappa shape index (κ3) is 4.11. The monoisotopic (exact) mass is 312 g/mol. The first-order valence-electron chi connectivity index (χ1n) is 7.35. The minimum absolute atomic E-state index is 0.118. The van der Waals surface area contributed by atoms with Crippen molar-refractivity contribution in [1.29, 1.82) is 0 Å². The van der Waals surface area contributed by atoms with Gasteiger partial charge < -0.3 is 10.5 Å². The van der Waals surface area contributed by atoms with E-state index in [1.807, 2.05) is 0 Å². The first-order chi connectivity index (χ1) is 9.92. The molecule has 6 heteroatoms. The van der Waals surface area contributed by atoms with Gasteiger partial charge in [-0.1, -0.05) is 19.8 Å². The lowest BCUT2D eigenvalue weighted by Gasteiger charge is -2.26. The second-order valence-electron chi connectivity index (χ2n) is 5.88. The summed E-state index contributed by atoms with van der Waals surface area (Å²) in [5.74, 6) is 1.73. The summed E-state index contributed by atoms with van der Waals surface area (Å²) in [6.07, 6.45) is 4.53. The van der Waals surface area contributed by atoms with Crippen molar-refractivity contribution in [3.8, 4) is 5.75 Å². The van der Waals surface area contributed by atoms with Crippen LogP contribution in [0.15, 0.2) is 23.1 Å². The highest BCUT2D eigenvalue weighted by atomic mass is 32.2. The van der Waals surface area contributed by atoms with Crippen molar-refractivity contribution in [2.24, 2.45) is 11.8 Å². The van der Waals surface area contributed by atoms with Crippen molar-refractivity contribution in [1.82, 2.24) is 4.72 Å². The van der Waals surface area contributed by atoms with Crippen LogP contribution >= 0.6 is 0 Å². The van der Waals surface area contributed by atoms with Crippen LogP contribution in [0.5, 0.6) is 5.75 Å². The lowest BCUT2D eigenvalue weighted by atomic mass is 9.83. The molecule has 0 bridgehead atoms. The molecule has 3 N–H and O–H groups in total. The van der Waals surface area contributed by atoms with Gasteiger partial charge in [0, 0.05) is 12.6 Å². The van der Waals surface area contributed by atoms with E-state index in [-0.39, 0.29) is 10.6 Å². The van der Waals surface area contributed by atoms with Crippen LogP contribution in [0.3, 0.4) is 0 Å². The zero-order valence-electron chi connectivity index (χ0n) is 12.6. The van der Waals surface area contributed by atoms with E-state index < -0.39 is 10.0 Å². The lowest BCUT2D eigenvalue weighted by molar-refractivity contribution is 0.290. The maximum atomic E-state index is 12.3. The predicted octanol–water partition coefficient (Wildman–Crippen LogP) is 2.38. The van der Waals surface area contributed by atoms with Gasteiger partial charge in [0.2, 0.25) is 10.0 Å². The van der Waals surface area contributed by atoms with Gasteiger partial charge in [0.25, 0.3) is 0 Å². The van der Waals surface area contributed by atoms with Crippen LogP contribution in [-0.4, -0.2) is 22.1 Å². The Morgan fingerprint density at radius 1 is 1.29 bits per heavy atom. The van der Waals surface area contributed by atoms with E-state index in [2.05, 4.69) is 11.6 Å². The van der Waals surface area contributed by atoms with Crippen LogP contribution in [0.1, 0.15) is 32.6 Å². The number of methoxy groups -OCH3 is 1. The van der Waals surface area contributed by atoms with Crippen LogP contribution in [0.4, 0.5) is 5.69 Å². The standard InChI is InChI=1S/C15H24N2O3S/c1-11-3-5-12(6-4-11)10-17-21(18,19)15-8-7-13(20-2)9-14(15)16/h7-9,11-12,17H,3-6,10,16H2,1-2H3. The summed E-state index contributed by atoms with van der Waals surface area (Å²) in [6, 6.07) is 4.61. The number of nitrogen functional groups attached to an aromatic ring is 1. The summed E-state index contributed by atoms with van der Waals surface area (Å²) < 4.78 is 32.4. The molecule has 1 aliphatic rings. The highest BCUT2D eigenvalue weighted by molar-refractivity contribution is 7.89. The Kier molecular flexibility index (Phi) is 5.11. The van der Waals surface area contributed by atoms with Gasteiger partial charge in [-0.2, -0.15) is 0 Å². The minimum Gasteiger partial charge on any atom is -0.497 e. The Labute approximate surface area is 126 Å². The highest BCUT2D eigenvalue weighted by Gasteiger charge is 2.22. The second-order valence-corrected chi connectivity index (χ2v) is 7.62. The average molecular weight is 312 g/mol. The third-order valence-corrected chi connectivity index (χ3v) is 5.70. The number of sulfonamides is 1. The Morgan fingerprint density at radius 3 is 2.52 bits per heavy atom. The van der Waals surface area contributed by atoms with E-state index in [0.29, 0.717) is 18.2 Å². The van der Waals surface area contributed by atoms with E-state index in [1.165, 1.54) is 32.1 Å². The van der Waals surface area contributed by atoms with E-state index in [1.54, 1.807) is 6.07 Å². The van der Waals surface area contributed by atoms with Gasteiger partial charge in [-0.25, -0.2) is 13.1 Å². The normalized spacial score (nSPS) is 23.0. The summed E-state index contributed by atoms with van der Waals surface area (Å²) in [4.78, 5) is 0.118. The van der Waals surface area contributed by atoms with Gasteiger partial charge in [-0.15, -0.1) is 0 Å². The molecule has 2 rings (SSSR count). The zero-order valence-corrected chi connectivity index (χ0v) is 13.4. The predicted molar refractivity (Wildman–Crippen MR) is 83.7 cm³/mol. The lowest BCUT2D eigenvalue weighted by Crippen LogP contribution is -2.31. The van der Waals surface area contributed by atoms with E-state index in [0.717, 1.165) is 18.8 Å². The Balaban J connectivity index is 2.01. The molecule has 0 atom stereocenters. The molecular weight excluding hydrogens is 288 g/mol. The number of hydrogen-bond acceptors (Lipinski definition) is 4. The smallest absolute Gasteiger partial charge is 0.242 e. The van der Waals surface area contributed by atoms with Gasteiger partial charge in [0.05, 0.1) is 12.8 Å². The van der Waals surface area contributed by atoms with E-state index in [4.69, 9.17) is 10.5 Å². The Bertz CT molecular complexity index is 579.